The highest BCUT2D eigenvalue weighted by Gasteiger charge is 2.31. The Morgan fingerprint density at radius 2 is 2.03 bits per heavy atom. The Hall–Kier alpha value is -3.53. The molecule has 1 aromatic carbocycles. The van der Waals surface area contributed by atoms with Crippen LogP contribution in [0.15, 0.2) is 59.5 Å². The first-order chi connectivity index (χ1) is 17.8. The van der Waals surface area contributed by atoms with Crippen LogP contribution in [-0.4, -0.2) is 81.6 Å². The van der Waals surface area contributed by atoms with E-state index in [2.05, 4.69) is 35.9 Å². The Morgan fingerprint density at radius 3 is 2.81 bits per heavy atom. The monoisotopic (exact) mass is 486 g/mol. The van der Waals surface area contributed by atoms with Gasteiger partial charge in [-0.3, -0.25) is 19.8 Å². The molecule has 2 fully saturated rings. The van der Waals surface area contributed by atoms with Crippen LogP contribution in [-0.2, 0) is 11.3 Å². The van der Waals surface area contributed by atoms with Crippen molar-refractivity contribution in [3.63, 3.8) is 0 Å². The van der Waals surface area contributed by atoms with Crippen molar-refractivity contribution in [1.82, 2.24) is 29.9 Å². The molecule has 0 spiro atoms. The Balaban J connectivity index is 1.07. The van der Waals surface area contributed by atoms with Gasteiger partial charge < -0.3 is 13.9 Å². The van der Waals surface area contributed by atoms with Crippen LogP contribution in [0.1, 0.15) is 18.4 Å². The zero-order valence-corrected chi connectivity index (χ0v) is 20.2. The van der Waals surface area contributed by atoms with E-state index in [0.29, 0.717) is 24.3 Å². The lowest BCUT2D eigenvalue weighted by molar-refractivity contribution is -0.110. The van der Waals surface area contributed by atoms with E-state index in [1.165, 1.54) is 12.0 Å². The van der Waals surface area contributed by atoms with Gasteiger partial charge in [0, 0.05) is 80.3 Å². The fraction of sp³-hybridized carbons (Fsp3) is 0.370. The number of hydrogen-bond donors (Lipinski definition) is 1. The molecule has 0 radical (unpaired) electrons. The zero-order chi connectivity index (χ0) is 24.3. The first-order valence-electron chi connectivity index (χ1n) is 12.5. The Kier molecular flexibility index (Phi) is 6.50. The number of ether oxygens (including phenoxy) is 1. The molecular weight excluding hydrogens is 456 g/mol. The van der Waals surface area contributed by atoms with Gasteiger partial charge in [-0.15, -0.1) is 0 Å². The molecule has 3 aromatic heterocycles. The van der Waals surface area contributed by atoms with Crippen LogP contribution < -0.4 is 4.74 Å². The number of furan rings is 1. The second kappa shape index (κ2) is 10.2. The predicted octanol–water partition coefficient (Wildman–Crippen LogP) is 3.75. The molecule has 2 aliphatic rings. The third-order valence-corrected chi connectivity index (χ3v) is 7.26. The number of nitrogens with zero attached hydrogens (tertiary/aromatic N) is 5. The summed E-state index contributed by atoms with van der Waals surface area (Å²) in [5.74, 6) is 1.21. The number of hydrogen-bond acceptors (Lipinski definition) is 8. The van der Waals surface area contributed by atoms with Gasteiger partial charge in [-0.25, -0.2) is 4.98 Å². The highest BCUT2D eigenvalue weighted by atomic mass is 16.5. The quantitative estimate of drug-likeness (QED) is 0.377. The average Bonchev–Trinajstić information content (AvgIpc) is 3.68. The van der Waals surface area contributed by atoms with Crippen LogP contribution in [0.25, 0.3) is 22.2 Å². The minimum absolute atomic E-state index is 0.418. The second-order valence-corrected chi connectivity index (χ2v) is 9.47. The van der Waals surface area contributed by atoms with Gasteiger partial charge in [-0.05, 0) is 37.1 Å². The molecule has 1 N–H and O–H groups in total. The molecule has 0 aliphatic carbocycles. The van der Waals surface area contributed by atoms with Crippen molar-refractivity contribution in [1.29, 1.82) is 0 Å². The number of benzene rings is 1. The molecule has 5 heterocycles. The van der Waals surface area contributed by atoms with Gasteiger partial charge in [-0.1, -0.05) is 0 Å². The molecule has 0 bridgehead atoms. The van der Waals surface area contributed by atoms with E-state index in [1.807, 2.05) is 36.6 Å². The van der Waals surface area contributed by atoms with Crippen molar-refractivity contribution < 1.29 is 13.9 Å². The van der Waals surface area contributed by atoms with Crippen molar-refractivity contribution >= 4 is 17.3 Å². The minimum Gasteiger partial charge on any atom is -0.464 e. The molecule has 186 valence electrons. The molecule has 2 saturated heterocycles. The van der Waals surface area contributed by atoms with Gasteiger partial charge in [0.05, 0.1) is 24.7 Å². The number of rotatable bonds is 8. The molecule has 6 rings (SSSR count). The van der Waals surface area contributed by atoms with E-state index in [9.17, 15) is 4.79 Å². The maximum Gasteiger partial charge on any atom is 0.219 e. The Bertz CT molecular complexity index is 1300. The smallest absolute Gasteiger partial charge is 0.219 e. The fourth-order valence-corrected chi connectivity index (χ4v) is 5.38. The predicted molar refractivity (Wildman–Crippen MR) is 136 cm³/mol. The summed E-state index contributed by atoms with van der Waals surface area (Å²) in [5.41, 5.74) is 3.87. The summed E-state index contributed by atoms with van der Waals surface area (Å²) < 4.78 is 11.9. The van der Waals surface area contributed by atoms with E-state index in [-0.39, 0.29) is 0 Å². The van der Waals surface area contributed by atoms with Crippen LogP contribution >= 0.6 is 0 Å². The molecule has 4 aromatic rings. The number of aromatic nitrogens is 3. The van der Waals surface area contributed by atoms with Gasteiger partial charge in [0.2, 0.25) is 5.88 Å². The molecule has 0 amide bonds. The summed E-state index contributed by atoms with van der Waals surface area (Å²) in [6.45, 7) is 6.52. The summed E-state index contributed by atoms with van der Waals surface area (Å²) in [5, 5.41) is 8.02. The zero-order valence-electron chi connectivity index (χ0n) is 20.2. The number of pyridine rings is 1. The van der Waals surface area contributed by atoms with Crippen molar-refractivity contribution in [2.24, 2.45) is 0 Å². The molecule has 36 heavy (non-hydrogen) atoms. The number of fused-ring (bicyclic) bond motifs is 1. The lowest BCUT2D eigenvalue weighted by atomic mass is 10.1. The van der Waals surface area contributed by atoms with Crippen molar-refractivity contribution in [3.05, 3.63) is 60.6 Å². The number of likely N-dealkylation sites (tertiary alicyclic amines) is 1. The normalized spacial score (nSPS) is 19.7. The van der Waals surface area contributed by atoms with E-state index < -0.39 is 0 Å². The lowest BCUT2D eigenvalue weighted by Gasteiger charge is -2.40. The summed E-state index contributed by atoms with van der Waals surface area (Å²) >= 11 is 0. The lowest BCUT2D eigenvalue weighted by Crippen LogP contribution is -2.54. The Labute approximate surface area is 209 Å². The second-order valence-electron chi connectivity index (χ2n) is 9.47. The minimum atomic E-state index is 0.418. The molecule has 1 unspecified atom stereocenters. The van der Waals surface area contributed by atoms with Gasteiger partial charge in [0.25, 0.3) is 0 Å². The first kappa shape index (κ1) is 22.9. The van der Waals surface area contributed by atoms with Gasteiger partial charge in [-0.2, -0.15) is 5.10 Å². The third kappa shape index (κ3) is 4.77. The third-order valence-electron chi connectivity index (χ3n) is 7.26. The number of piperazine rings is 1. The number of aromatic amines is 1. The highest BCUT2D eigenvalue weighted by Crippen LogP contribution is 2.30. The van der Waals surface area contributed by atoms with Crippen molar-refractivity contribution in [2.75, 3.05) is 39.3 Å². The van der Waals surface area contributed by atoms with Crippen LogP contribution in [0.2, 0.25) is 0 Å². The van der Waals surface area contributed by atoms with Gasteiger partial charge in [0.15, 0.2) is 0 Å². The van der Waals surface area contributed by atoms with E-state index in [0.717, 1.165) is 74.2 Å². The molecule has 2 aliphatic heterocycles. The summed E-state index contributed by atoms with van der Waals surface area (Å²) in [6.07, 6.45) is 9.13. The molecule has 9 nitrogen and oxygen atoms in total. The highest BCUT2D eigenvalue weighted by molar-refractivity contribution is 5.82. The van der Waals surface area contributed by atoms with Crippen molar-refractivity contribution in [3.8, 4) is 22.9 Å². The van der Waals surface area contributed by atoms with E-state index >= 15 is 0 Å². The molecule has 9 heteroatoms. The molecule has 0 saturated carbocycles. The molecular formula is C27H30N6O3. The van der Waals surface area contributed by atoms with Crippen LogP contribution in [0.5, 0.6) is 11.6 Å². The summed E-state index contributed by atoms with van der Waals surface area (Å²) in [6, 6.07) is 11.6. The Morgan fingerprint density at radius 1 is 1.11 bits per heavy atom. The van der Waals surface area contributed by atoms with Crippen LogP contribution in [0.3, 0.4) is 0 Å². The summed E-state index contributed by atoms with van der Waals surface area (Å²) in [4.78, 5) is 22.7. The number of aldehydes is 1. The van der Waals surface area contributed by atoms with Crippen molar-refractivity contribution in [2.45, 2.75) is 25.6 Å². The fourth-order valence-electron chi connectivity index (χ4n) is 5.38. The number of carbonyl (C=O) groups excluding carboxylic acids is 1. The average molecular weight is 487 g/mol. The maximum atomic E-state index is 11.0. The standard InChI is InChI=1S/C27H30N6O3/c34-15-14-32-9-1-2-27(32)33-12-10-31(11-13-33)18-21-19-35-25-16-22(4-5-23(21)25)36-26-6-3-20(17-28-26)24-7-8-29-30-24/h3-8,15-17,19,27H,1-2,9-14,18H2,(H,29,30). The number of nitrogens with one attached hydrogen (secondary N) is 1. The van der Waals surface area contributed by atoms with Crippen LogP contribution in [0.4, 0.5) is 0 Å². The SMILES string of the molecule is O=CCN1CCCC1N1CCN(Cc2coc3cc(Oc4ccc(-c5ccn[nH]5)cn4)ccc23)CC1. The van der Waals surface area contributed by atoms with E-state index in [4.69, 9.17) is 9.15 Å². The summed E-state index contributed by atoms with van der Waals surface area (Å²) in [7, 11) is 0. The number of carbonyl (C=O) groups is 1. The molecule has 1 atom stereocenters. The topological polar surface area (TPSA) is 90.7 Å². The maximum absolute atomic E-state index is 11.0. The van der Waals surface area contributed by atoms with Crippen LogP contribution in [0, 0.1) is 0 Å². The number of H-pyrrole nitrogens is 1. The van der Waals surface area contributed by atoms with Gasteiger partial charge >= 0.3 is 0 Å². The first-order valence-corrected chi connectivity index (χ1v) is 12.5. The van der Waals surface area contributed by atoms with Gasteiger partial charge in [0.1, 0.15) is 17.6 Å². The largest absolute Gasteiger partial charge is 0.464 e. The van der Waals surface area contributed by atoms with E-state index in [1.54, 1.807) is 12.4 Å².